The summed E-state index contributed by atoms with van der Waals surface area (Å²) in [6.07, 6.45) is 2.68. The molecule has 0 saturated heterocycles. The zero-order chi connectivity index (χ0) is 16.9. The SMILES string of the molecule is CCC(C)Oc1cccc(NC(=O)c2c[nH]nc2-c2cccs2)c1. The highest BCUT2D eigenvalue weighted by Gasteiger charge is 2.16. The van der Waals surface area contributed by atoms with Gasteiger partial charge in [-0.25, -0.2) is 0 Å². The third-order valence-electron chi connectivity index (χ3n) is 3.64. The van der Waals surface area contributed by atoms with Gasteiger partial charge in [-0.1, -0.05) is 19.1 Å². The molecule has 1 amide bonds. The fourth-order valence-electron chi connectivity index (χ4n) is 2.23. The van der Waals surface area contributed by atoms with Crippen molar-refractivity contribution in [1.82, 2.24) is 10.2 Å². The number of hydrogen-bond acceptors (Lipinski definition) is 4. The van der Waals surface area contributed by atoms with Crippen molar-refractivity contribution < 1.29 is 9.53 Å². The summed E-state index contributed by atoms with van der Waals surface area (Å²) in [5.41, 5.74) is 1.87. The lowest BCUT2D eigenvalue weighted by Crippen LogP contribution is -2.13. The molecule has 1 atom stereocenters. The number of benzene rings is 1. The maximum absolute atomic E-state index is 12.6. The summed E-state index contributed by atoms with van der Waals surface area (Å²) in [6.45, 7) is 4.09. The van der Waals surface area contributed by atoms with E-state index in [1.807, 2.05) is 48.7 Å². The number of carbonyl (C=O) groups excluding carboxylic acids is 1. The van der Waals surface area contributed by atoms with E-state index in [0.29, 0.717) is 16.9 Å². The minimum absolute atomic E-state index is 0.134. The van der Waals surface area contributed by atoms with Gasteiger partial charge in [0.25, 0.3) is 5.91 Å². The van der Waals surface area contributed by atoms with E-state index in [0.717, 1.165) is 17.0 Å². The summed E-state index contributed by atoms with van der Waals surface area (Å²) in [6, 6.07) is 11.3. The number of rotatable bonds is 6. The number of ether oxygens (including phenoxy) is 1. The van der Waals surface area contributed by atoms with E-state index in [-0.39, 0.29) is 12.0 Å². The van der Waals surface area contributed by atoms with Gasteiger partial charge in [0.05, 0.1) is 16.5 Å². The summed E-state index contributed by atoms with van der Waals surface area (Å²) in [7, 11) is 0. The molecular formula is C18H19N3O2S. The van der Waals surface area contributed by atoms with Crippen LogP contribution >= 0.6 is 11.3 Å². The molecule has 2 aromatic heterocycles. The normalized spacial score (nSPS) is 11.9. The number of aromatic nitrogens is 2. The van der Waals surface area contributed by atoms with E-state index >= 15 is 0 Å². The highest BCUT2D eigenvalue weighted by atomic mass is 32.1. The van der Waals surface area contributed by atoms with E-state index in [9.17, 15) is 4.79 Å². The van der Waals surface area contributed by atoms with Crippen LogP contribution in [0, 0.1) is 0 Å². The van der Waals surface area contributed by atoms with Crippen LogP contribution in [0.5, 0.6) is 5.75 Å². The van der Waals surface area contributed by atoms with Crippen LogP contribution in [0.1, 0.15) is 30.6 Å². The van der Waals surface area contributed by atoms with Gasteiger partial charge in [0, 0.05) is 18.0 Å². The summed E-state index contributed by atoms with van der Waals surface area (Å²) in [5.74, 6) is 0.542. The van der Waals surface area contributed by atoms with Crippen molar-refractivity contribution >= 4 is 22.9 Å². The van der Waals surface area contributed by atoms with Crippen LogP contribution in [0.2, 0.25) is 0 Å². The molecule has 1 aromatic carbocycles. The topological polar surface area (TPSA) is 67.0 Å². The van der Waals surface area contributed by atoms with Gasteiger partial charge < -0.3 is 10.1 Å². The highest BCUT2D eigenvalue weighted by Crippen LogP contribution is 2.27. The molecule has 0 radical (unpaired) electrons. The maximum Gasteiger partial charge on any atom is 0.259 e. The standard InChI is InChI=1S/C18H19N3O2S/c1-3-12(2)23-14-7-4-6-13(10-14)20-18(22)15-11-19-21-17(15)16-8-5-9-24-16/h4-12H,3H2,1-2H3,(H,19,21)(H,20,22). The first-order valence-electron chi connectivity index (χ1n) is 7.83. The summed E-state index contributed by atoms with van der Waals surface area (Å²) in [4.78, 5) is 13.5. The molecular weight excluding hydrogens is 322 g/mol. The Balaban J connectivity index is 1.76. The molecule has 24 heavy (non-hydrogen) atoms. The van der Waals surface area contributed by atoms with E-state index in [1.165, 1.54) is 0 Å². The number of nitrogens with zero attached hydrogens (tertiary/aromatic N) is 1. The predicted octanol–water partition coefficient (Wildman–Crippen LogP) is 4.57. The Bertz CT molecular complexity index is 811. The minimum Gasteiger partial charge on any atom is -0.491 e. The van der Waals surface area contributed by atoms with Crippen LogP contribution in [-0.2, 0) is 0 Å². The first kappa shape index (κ1) is 16.3. The lowest BCUT2D eigenvalue weighted by molar-refractivity contribution is 0.102. The minimum atomic E-state index is -0.201. The van der Waals surface area contributed by atoms with Crippen LogP contribution < -0.4 is 10.1 Å². The Morgan fingerprint density at radius 1 is 1.38 bits per heavy atom. The van der Waals surface area contributed by atoms with Crippen LogP contribution in [0.15, 0.2) is 48.0 Å². The van der Waals surface area contributed by atoms with Gasteiger partial charge in [0.15, 0.2) is 0 Å². The average molecular weight is 341 g/mol. The van der Waals surface area contributed by atoms with Gasteiger partial charge in [0.2, 0.25) is 0 Å². The lowest BCUT2D eigenvalue weighted by atomic mass is 10.2. The summed E-state index contributed by atoms with van der Waals surface area (Å²) >= 11 is 1.55. The first-order chi connectivity index (χ1) is 11.7. The molecule has 0 aliphatic rings. The lowest BCUT2D eigenvalue weighted by Gasteiger charge is -2.13. The molecule has 0 spiro atoms. The molecule has 0 aliphatic carbocycles. The number of thiophene rings is 1. The van der Waals surface area contributed by atoms with Crippen molar-refractivity contribution in [3.8, 4) is 16.3 Å². The Hall–Kier alpha value is -2.60. The third kappa shape index (κ3) is 3.65. The number of aromatic amines is 1. The van der Waals surface area contributed by atoms with E-state index in [1.54, 1.807) is 17.5 Å². The number of hydrogen-bond donors (Lipinski definition) is 2. The van der Waals surface area contributed by atoms with E-state index in [2.05, 4.69) is 22.4 Å². The number of amides is 1. The van der Waals surface area contributed by atoms with Crippen molar-refractivity contribution in [2.24, 2.45) is 0 Å². The molecule has 0 bridgehead atoms. The van der Waals surface area contributed by atoms with Gasteiger partial charge in [-0.2, -0.15) is 5.10 Å². The molecule has 124 valence electrons. The van der Waals surface area contributed by atoms with E-state index in [4.69, 9.17) is 4.74 Å². The zero-order valence-corrected chi connectivity index (χ0v) is 14.4. The van der Waals surface area contributed by atoms with Gasteiger partial charge in [-0.05, 0) is 36.9 Å². The molecule has 0 saturated carbocycles. The van der Waals surface area contributed by atoms with Crippen LogP contribution in [-0.4, -0.2) is 22.2 Å². The summed E-state index contributed by atoms with van der Waals surface area (Å²) < 4.78 is 5.79. The van der Waals surface area contributed by atoms with Crippen molar-refractivity contribution in [2.75, 3.05) is 5.32 Å². The first-order valence-corrected chi connectivity index (χ1v) is 8.71. The fourth-order valence-corrected chi connectivity index (χ4v) is 2.95. The van der Waals surface area contributed by atoms with Gasteiger partial charge in [-0.15, -0.1) is 11.3 Å². The Morgan fingerprint density at radius 2 is 2.25 bits per heavy atom. The molecule has 0 aliphatic heterocycles. The maximum atomic E-state index is 12.6. The monoisotopic (exact) mass is 341 g/mol. The van der Waals surface area contributed by atoms with Crippen LogP contribution in [0.3, 0.4) is 0 Å². The predicted molar refractivity (Wildman–Crippen MR) is 96.7 cm³/mol. The fraction of sp³-hybridized carbons (Fsp3) is 0.222. The Kier molecular flexibility index (Phi) is 4.96. The van der Waals surface area contributed by atoms with Crippen molar-refractivity contribution in [2.45, 2.75) is 26.4 Å². The van der Waals surface area contributed by atoms with Gasteiger partial charge in [0.1, 0.15) is 11.4 Å². The van der Waals surface area contributed by atoms with Gasteiger partial charge in [-0.3, -0.25) is 9.89 Å². The van der Waals surface area contributed by atoms with Crippen molar-refractivity contribution in [3.63, 3.8) is 0 Å². The van der Waals surface area contributed by atoms with Crippen molar-refractivity contribution in [3.05, 3.63) is 53.5 Å². The van der Waals surface area contributed by atoms with Crippen LogP contribution in [0.4, 0.5) is 5.69 Å². The second-order valence-electron chi connectivity index (χ2n) is 5.44. The second kappa shape index (κ2) is 7.31. The molecule has 1 unspecified atom stereocenters. The van der Waals surface area contributed by atoms with Gasteiger partial charge >= 0.3 is 0 Å². The molecule has 3 rings (SSSR count). The Labute approximate surface area is 144 Å². The second-order valence-corrected chi connectivity index (χ2v) is 6.39. The highest BCUT2D eigenvalue weighted by molar-refractivity contribution is 7.13. The molecule has 2 N–H and O–H groups in total. The number of anilines is 1. The average Bonchev–Trinajstić information content (AvgIpc) is 3.26. The number of nitrogens with one attached hydrogen (secondary N) is 2. The van der Waals surface area contributed by atoms with Crippen LogP contribution in [0.25, 0.3) is 10.6 Å². The Morgan fingerprint density at radius 3 is 3.00 bits per heavy atom. The zero-order valence-electron chi connectivity index (χ0n) is 13.6. The molecule has 2 heterocycles. The molecule has 0 fully saturated rings. The quantitative estimate of drug-likeness (QED) is 0.690. The largest absolute Gasteiger partial charge is 0.491 e. The smallest absolute Gasteiger partial charge is 0.259 e. The molecule has 3 aromatic rings. The third-order valence-corrected chi connectivity index (χ3v) is 4.52. The van der Waals surface area contributed by atoms with Crippen molar-refractivity contribution in [1.29, 1.82) is 0 Å². The molecule has 5 nitrogen and oxygen atoms in total. The summed E-state index contributed by atoms with van der Waals surface area (Å²) in [5, 5.41) is 11.8. The number of H-pyrrole nitrogens is 1. The number of carbonyl (C=O) groups is 1. The molecule has 6 heteroatoms. The van der Waals surface area contributed by atoms with E-state index < -0.39 is 0 Å².